The first-order valence-corrected chi connectivity index (χ1v) is 9.76. The summed E-state index contributed by atoms with van der Waals surface area (Å²) in [6.45, 7) is 2.02. The maximum Gasteiger partial charge on any atom is 0.471 e. The molecule has 0 saturated carbocycles. The number of aromatic nitrogens is 1. The predicted octanol–water partition coefficient (Wildman–Crippen LogP) is 2.70. The zero-order valence-corrected chi connectivity index (χ0v) is 15.1. The van der Waals surface area contributed by atoms with Gasteiger partial charge in [0.05, 0.1) is 17.1 Å². The summed E-state index contributed by atoms with van der Waals surface area (Å²) in [7, 11) is -3.71. The summed E-state index contributed by atoms with van der Waals surface area (Å²) in [6, 6.07) is 6.42. The van der Waals surface area contributed by atoms with Crippen molar-refractivity contribution in [3.05, 3.63) is 40.4 Å². The van der Waals surface area contributed by atoms with Crippen LogP contribution < -0.4 is 5.32 Å². The van der Waals surface area contributed by atoms with E-state index in [1.54, 1.807) is 17.4 Å². The topological polar surface area (TPSA) is 79.4 Å². The molecule has 0 aliphatic carbocycles. The molecule has 1 aliphatic heterocycles. The molecule has 1 amide bonds. The van der Waals surface area contributed by atoms with Gasteiger partial charge in [-0.05, 0) is 19.1 Å². The van der Waals surface area contributed by atoms with E-state index in [9.17, 15) is 26.4 Å². The third kappa shape index (κ3) is 3.74. The Kier molecular flexibility index (Phi) is 4.80. The first-order valence-electron chi connectivity index (χ1n) is 7.51. The quantitative estimate of drug-likeness (QED) is 0.852. The number of thiazole rings is 1. The van der Waals surface area contributed by atoms with Crippen LogP contribution in [0, 0.1) is 6.92 Å². The van der Waals surface area contributed by atoms with Crippen molar-refractivity contribution in [3.8, 4) is 0 Å². The minimum atomic E-state index is -5.01. The van der Waals surface area contributed by atoms with Crippen LogP contribution in [0.5, 0.6) is 0 Å². The van der Waals surface area contributed by atoms with Crippen LogP contribution in [-0.2, 0) is 27.8 Å². The lowest BCUT2D eigenvalue weighted by atomic mass is 10.2. The number of carbonyl (C=O) groups is 1. The van der Waals surface area contributed by atoms with Crippen molar-refractivity contribution >= 4 is 32.4 Å². The number of carbonyl (C=O) groups excluding carboxylic acids is 1. The predicted molar refractivity (Wildman–Crippen MR) is 89.3 cm³/mol. The number of aryl methyl sites for hydroxylation is 1. The standard InChI is InChI=1S/C15H14F3N3O3S2/c1-9-2-4-10(5-3-9)26(23,24)21-7-6-11-12(8-21)25-14(19-11)20-13(22)15(16,17)18/h2-5H,6-8H2,1H3,(H,19,20,22). The molecule has 0 bridgehead atoms. The summed E-state index contributed by atoms with van der Waals surface area (Å²) in [5.74, 6) is -2.10. The SMILES string of the molecule is Cc1ccc(S(=O)(=O)N2CCc3nc(NC(=O)C(F)(F)F)sc3C2)cc1. The Morgan fingerprint density at radius 1 is 1.27 bits per heavy atom. The van der Waals surface area contributed by atoms with E-state index in [0.717, 1.165) is 16.9 Å². The molecular formula is C15H14F3N3O3S2. The minimum absolute atomic E-state index is 0.00506. The van der Waals surface area contributed by atoms with E-state index in [1.165, 1.54) is 16.4 Å². The number of halogens is 3. The number of fused-ring (bicyclic) bond motifs is 1. The number of sulfonamides is 1. The lowest BCUT2D eigenvalue weighted by Gasteiger charge is -2.25. The second kappa shape index (κ2) is 6.63. The van der Waals surface area contributed by atoms with Crippen LogP contribution in [0.3, 0.4) is 0 Å². The molecule has 2 aromatic rings. The van der Waals surface area contributed by atoms with Gasteiger partial charge in [-0.25, -0.2) is 13.4 Å². The third-order valence-electron chi connectivity index (χ3n) is 3.83. The summed E-state index contributed by atoms with van der Waals surface area (Å²) in [4.78, 5) is 15.6. The van der Waals surface area contributed by atoms with Gasteiger partial charge in [0.25, 0.3) is 0 Å². The Hall–Kier alpha value is -1.98. The largest absolute Gasteiger partial charge is 0.471 e. The van der Waals surface area contributed by atoms with Crippen molar-refractivity contribution in [1.82, 2.24) is 9.29 Å². The smallest absolute Gasteiger partial charge is 0.294 e. The molecule has 11 heteroatoms. The van der Waals surface area contributed by atoms with Crippen LogP contribution >= 0.6 is 11.3 Å². The number of hydrogen-bond donors (Lipinski definition) is 1. The highest BCUT2D eigenvalue weighted by atomic mass is 32.2. The van der Waals surface area contributed by atoms with Crippen LogP contribution in [0.4, 0.5) is 18.3 Å². The number of anilines is 1. The van der Waals surface area contributed by atoms with Crippen molar-refractivity contribution in [2.75, 3.05) is 11.9 Å². The van der Waals surface area contributed by atoms with E-state index in [0.29, 0.717) is 10.6 Å². The Morgan fingerprint density at radius 2 is 1.92 bits per heavy atom. The van der Waals surface area contributed by atoms with Gasteiger partial charge in [-0.3, -0.25) is 10.1 Å². The summed E-state index contributed by atoms with van der Waals surface area (Å²) in [5.41, 5.74) is 1.43. The van der Waals surface area contributed by atoms with Crippen LogP contribution in [0.2, 0.25) is 0 Å². The Morgan fingerprint density at radius 3 is 2.54 bits per heavy atom. The van der Waals surface area contributed by atoms with E-state index in [-0.39, 0.29) is 29.5 Å². The van der Waals surface area contributed by atoms with E-state index >= 15 is 0 Å². The van der Waals surface area contributed by atoms with Crippen LogP contribution in [-0.4, -0.2) is 36.3 Å². The van der Waals surface area contributed by atoms with Crippen LogP contribution in [0.25, 0.3) is 0 Å². The first kappa shape index (κ1) is 18.8. The first-order chi connectivity index (χ1) is 12.1. The number of hydrogen-bond acceptors (Lipinski definition) is 5. The Bertz CT molecular complexity index is 937. The molecule has 3 rings (SSSR count). The maximum absolute atomic E-state index is 12.7. The number of amides is 1. The normalized spacial score (nSPS) is 15.5. The highest BCUT2D eigenvalue weighted by Crippen LogP contribution is 2.32. The Balaban J connectivity index is 1.79. The molecule has 1 aliphatic rings. The molecule has 26 heavy (non-hydrogen) atoms. The van der Waals surface area contributed by atoms with Crippen molar-refractivity contribution in [2.24, 2.45) is 0 Å². The van der Waals surface area contributed by atoms with Crippen LogP contribution in [0.15, 0.2) is 29.2 Å². The van der Waals surface area contributed by atoms with Gasteiger partial charge in [0.2, 0.25) is 10.0 Å². The average Bonchev–Trinajstić information content (AvgIpc) is 2.95. The summed E-state index contributed by atoms with van der Waals surface area (Å²) >= 11 is 0.848. The van der Waals surface area contributed by atoms with Gasteiger partial charge >= 0.3 is 12.1 Å². The molecule has 1 N–H and O–H groups in total. The summed E-state index contributed by atoms with van der Waals surface area (Å²) in [6.07, 6.45) is -4.74. The van der Waals surface area contributed by atoms with Gasteiger partial charge < -0.3 is 0 Å². The zero-order chi connectivity index (χ0) is 19.1. The van der Waals surface area contributed by atoms with Gasteiger partial charge in [-0.2, -0.15) is 17.5 Å². The molecule has 1 aromatic carbocycles. The van der Waals surface area contributed by atoms with Crippen LogP contribution in [0.1, 0.15) is 16.1 Å². The molecule has 0 unspecified atom stereocenters. The van der Waals surface area contributed by atoms with Crippen molar-refractivity contribution in [1.29, 1.82) is 0 Å². The van der Waals surface area contributed by atoms with E-state index < -0.39 is 22.1 Å². The van der Waals surface area contributed by atoms with Crippen molar-refractivity contribution in [3.63, 3.8) is 0 Å². The molecule has 0 fully saturated rings. The molecule has 0 radical (unpaired) electrons. The molecule has 0 atom stereocenters. The second-order valence-electron chi connectivity index (χ2n) is 5.74. The molecule has 140 valence electrons. The Labute approximate surface area is 151 Å². The average molecular weight is 405 g/mol. The molecule has 0 saturated heterocycles. The number of benzene rings is 1. The zero-order valence-electron chi connectivity index (χ0n) is 13.5. The number of rotatable bonds is 3. The van der Waals surface area contributed by atoms with Crippen molar-refractivity contribution < 1.29 is 26.4 Å². The highest BCUT2D eigenvalue weighted by molar-refractivity contribution is 7.89. The second-order valence-corrected chi connectivity index (χ2v) is 8.76. The highest BCUT2D eigenvalue weighted by Gasteiger charge is 2.39. The number of nitrogens with zero attached hydrogens (tertiary/aromatic N) is 2. The van der Waals surface area contributed by atoms with Crippen molar-refractivity contribution in [2.45, 2.75) is 31.0 Å². The molecule has 6 nitrogen and oxygen atoms in total. The fourth-order valence-electron chi connectivity index (χ4n) is 2.46. The van der Waals surface area contributed by atoms with E-state index in [2.05, 4.69) is 4.98 Å². The number of nitrogens with one attached hydrogen (secondary N) is 1. The van der Waals surface area contributed by atoms with Gasteiger partial charge in [0.15, 0.2) is 5.13 Å². The van der Waals surface area contributed by atoms with Gasteiger partial charge in [-0.15, -0.1) is 11.3 Å². The fraction of sp³-hybridized carbons (Fsp3) is 0.333. The lowest BCUT2D eigenvalue weighted by molar-refractivity contribution is -0.167. The minimum Gasteiger partial charge on any atom is -0.294 e. The number of alkyl halides is 3. The molecule has 1 aromatic heterocycles. The summed E-state index contributed by atoms with van der Waals surface area (Å²) < 4.78 is 63.7. The van der Waals surface area contributed by atoms with Gasteiger partial charge in [0, 0.05) is 17.8 Å². The molecule has 2 heterocycles. The fourth-order valence-corrected chi connectivity index (χ4v) is 4.97. The summed E-state index contributed by atoms with van der Waals surface area (Å²) in [5, 5.41) is 1.52. The van der Waals surface area contributed by atoms with E-state index in [4.69, 9.17) is 0 Å². The third-order valence-corrected chi connectivity index (χ3v) is 6.69. The molecular weight excluding hydrogens is 391 g/mol. The van der Waals surface area contributed by atoms with Gasteiger partial charge in [-0.1, -0.05) is 17.7 Å². The maximum atomic E-state index is 12.7. The lowest BCUT2D eigenvalue weighted by Crippen LogP contribution is -2.35. The molecule has 0 spiro atoms. The monoisotopic (exact) mass is 405 g/mol. The van der Waals surface area contributed by atoms with Gasteiger partial charge in [0.1, 0.15) is 0 Å². The van der Waals surface area contributed by atoms with E-state index in [1.807, 2.05) is 6.92 Å².